The zero-order valence-electron chi connectivity index (χ0n) is 17.1. The zero-order chi connectivity index (χ0) is 22.0. The molecule has 31 heavy (non-hydrogen) atoms. The second-order valence-electron chi connectivity index (χ2n) is 7.54. The number of para-hydroxylation sites is 1. The van der Waals surface area contributed by atoms with Crippen LogP contribution in [0.1, 0.15) is 23.7 Å². The Kier molecular flexibility index (Phi) is 6.06. The van der Waals surface area contributed by atoms with Gasteiger partial charge in [-0.15, -0.1) is 11.3 Å². The summed E-state index contributed by atoms with van der Waals surface area (Å²) in [6, 6.07) is 12.7. The molecule has 9 heteroatoms. The molecule has 0 spiro atoms. The monoisotopic (exact) mass is 457 g/mol. The highest BCUT2D eigenvalue weighted by Gasteiger charge is 2.30. The van der Waals surface area contributed by atoms with Crippen LogP contribution in [-0.4, -0.2) is 60.8 Å². The molecule has 3 aromatic rings. The Labute approximate surface area is 185 Å². The second-order valence-corrected chi connectivity index (χ2v) is 10.7. The predicted octanol–water partition coefficient (Wildman–Crippen LogP) is 2.73. The molecule has 0 aliphatic carbocycles. The van der Waals surface area contributed by atoms with E-state index in [2.05, 4.69) is 5.32 Å². The van der Waals surface area contributed by atoms with Gasteiger partial charge in [0.2, 0.25) is 5.91 Å². The van der Waals surface area contributed by atoms with Crippen molar-refractivity contribution in [1.82, 2.24) is 15.2 Å². The number of pyridine rings is 1. The molecule has 1 aromatic carbocycles. The average Bonchev–Trinajstić information content (AvgIpc) is 3.40. The molecule has 0 radical (unpaired) electrons. The van der Waals surface area contributed by atoms with Crippen LogP contribution >= 0.6 is 11.3 Å². The number of carbonyl (C=O) groups excluding carboxylic acids is 2. The van der Waals surface area contributed by atoms with Gasteiger partial charge >= 0.3 is 0 Å². The van der Waals surface area contributed by atoms with Gasteiger partial charge in [-0.05, 0) is 36.9 Å². The molecule has 1 atom stereocenters. The number of thiophene rings is 1. The van der Waals surface area contributed by atoms with Crippen LogP contribution in [0.15, 0.2) is 47.8 Å². The van der Waals surface area contributed by atoms with Gasteiger partial charge in [0.05, 0.1) is 39.7 Å². The summed E-state index contributed by atoms with van der Waals surface area (Å²) in [6.45, 7) is 2.03. The number of likely N-dealkylation sites (N-methyl/N-ethyl adjacent to an activating group) is 1. The Morgan fingerprint density at radius 3 is 2.71 bits per heavy atom. The summed E-state index contributed by atoms with van der Waals surface area (Å²) < 4.78 is 23.3. The van der Waals surface area contributed by atoms with Gasteiger partial charge in [0.25, 0.3) is 5.91 Å². The average molecular weight is 458 g/mol. The fourth-order valence-electron chi connectivity index (χ4n) is 3.76. The van der Waals surface area contributed by atoms with Crippen LogP contribution in [0.5, 0.6) is 0 Å². The summed E-state index contributed by atoms with van der Waals surface area (Å²) in [4.78, 5) is 33.1. The number of nitrogens with zero attached hydrogens (tertiary/aromatic N) is 2. The molecule has 2 amide bonds. The molecule has 7 nitrogen and oxygen atoms in total. The summed E-state index contributed by atoms with van der Waals surface area (Å²) in [6.07, 6.45) is 0.410. The summed E-state index contributed by atoms with van der Waals surface area (Å²) in [5, 5.41) is 5.44. The molecular weight excluding hydrogens is 434 g/mol. The van der Waals surface area contributed by atoms with E-state index in [1.165, 1.54) is 4.90 Å². The maximum absolute atomic E-state index is 13.4. The molecule has 1 aliphatic rings. The van der Waals surface area contributed by atoms with Gasteiger partial charge in [0.15, 0.2) is 9.84 Å². The van der Waals surface area contributed by atoms with Crippen LogP contribution in [-0.2, 0) is 14.6 Å². The standard InChI is InChI=1S/C22H23N3O4S2/c1-2-25(13-21(26)23-15-9-11-31(28,29)14-15)22(27)17-12-19(20-8-5-10-30-20)24-18-7-4-3-6-16(17)18/h3-8,10,12,15H,2,9,11,13-14H2,1H3,(H,23,26)/t15-/m0/s1. The topological polar surface area (TPSA) is 96.4 Å². The first-order valence-electron chi connectivity index (χ1n) is 10.1. The molecule has 2 aromatic heterocycles. The van der Waals surface area contributed by atoms with Gasteiger partial charge in [0.1, 0.15) is 0 Å². The van der Waals surface area contributed by atoms with Crippen molar-refractivity contribution in [2.45, 2.75) is 19.4 Å². The van der Waals surface area contributed by atoms with Crippen molar-refractivity contribution < 1.29 is 18.0 Å². The minimum atomic E-state index is -3.09. The van der Waals surface area contributed by atoms with E-state index in [4.69, 9.17) is 4.98 Å². The van der Waals surface area contributed by atoms with Crippen molar-refractivity contribution in [2.24, 2.45) is 0 Å². The number of carbonyl (C=O) groups is 2. The van der Waals surface area contributed by atoms with Gasteiger partial charge in [-0.2, -0.15) is 0 Å². The number of rotatable bonds is 6. The molecule has 1 N–H and O–H groups in total. The summed E-state index contributed by atoms with van der Waals surface area (Å²) in [7, 11) is -3.09. The molecule has 4 rings (SSSR count). The summed E-state index contributed by atoms with van der Waals surface area (Å²) in [5.74, 6) is -0.567. The third kappa shape index (κ3) is 4.77. The van der Waals surface area contributed by atoms with Gasteiger partial charge in [0, 0.05) is 18.0 Å². The minimum absolute atomic E-state index is 0.0437. The molecule has 1 saturated heterocycles. The number of aromatic nitrogens is 1. The Morgan fingerprint density at radius 2 is 2.03 bits per heavy atom. The Balaban J connectivity index is 1.59. The third-order valence-electron chi connectivity index (χ3n) is 5.32. The lowest BCUT2D eigenvalue weighted by atomic mass is 10.1. The highest BCUT2D eigenvalue weighted by Crippen LogP contribution is 2.28. The number of nitrogens with one attached hydrogen (secondary N) is 1. The van der Waals surface area contributed by atoms with Crippen LogP contribution in [0.25, 0.3) is 21.5 Å². The molecule has 162 valence electrons. The normalized spacial score (nSPS) is 17.5. The van der Waals surface area contributed by atoms with E-state index in [1.54, 1.807) is 17.4 Å². The number of fused-ring (bicyclic) bond motifs is 1. The molecule has 3 heterocycles. The molecule has 0 unspecified atom stereocenters. The maximum atomic E-state index is 13.4. The van der Waals surface area contributed by atoms with Gasteiger partial charge in [-0.25, -0.2) is 13.4 Å². The summed E-state index contributed by atoms with van der Waals surface area (Å²) in [5.41, 5.74) is 1.93. The largest absolute Gasteiger partial charge is 0.351 e. The Morgan fingerprint density at radius 1 is 1.23 bits per heavy atom. The third-order valence-corrected chi connectivity index (χ3v) is 7.98. The highest BCUT2D eigenvalue weighted by molar-refractivity contribution is 7.91. The summed E-state index contributed by atoms with van der Waals surface area (Å²) >= 11 is 1.55. The first-order chi connectivity index (χ1) is 14.9. The Hall–Kier alpha value is -2.78. The predicted molar refractivity (Wildman–Crippen MR) is 122 cm³/mol. The van der Waals surface area contributed by atoms with Crippen molar-refractivity contribution in [3.05, 3.63) is 53.4 Å². The van der Waals surface area contributed by atoms with Crippen LogP contribution < -0.4 is 5.32 Å². The van der Waals surface area contributed by atoms with Crippen molar-refractivity contribution in [3.8, 4) is 10.6 Å². The van der Waals surface area contributed by atoms with Crippen LogP contribution in [0, 0.1) is 0 Å². The van der Waals surface area contributed by atoms with Crippen molar-refractivity contribution in [3.63, 3.8) is 0 Å². The molecule has 0 saturated carbocycles. The number of benzene rings is 1. The minimum Gasteiger partial charge on any atom is -0.351 e. The van der Waals surface area contributed by atoms with Crippen LogP contribution in [0.3, 0.4) is 0 Å². The smallest absolute Gasteiger partial charge is 0.255 e. The molecule has 0 bridgehead atoms. The van der Waals surface area contributed by atoms with E-state index < -0.39 is 15.9 Å². The number of amides is 2. The number of hydrogen-bond donors (Lipinski definition) is 1. The first kappa shape index (κ1) is 21.5. The van der Waals surface area contributed by atoms with Crippen LogP contribution in [0.4, 0.5) is 0 Å². The van der Waals surface area contributed by atoms with E-state index in [0.717, 1.165) is 10.3 Å². The van der Waals surface area contributed by atoms with E-state index >= 15 is 0 Å². The maximum Gasteiger partial charge on any atom is 0.255 e. The lowest BCUT2D eigenvalue weighted by Crippen LogP contribution is -2.44. The van der Waals surface area contributed by atoms with E-state index in [9.17, 15) is 18.0 Å². The van der Waals surface area contributed by atoms with Crippen molar-refractivity contribution >= 4 is 43.9 Å². The second kappa shape index (κ2) is 8.76. The molecular formula is C22H23N3O4S2. The number of hydrogen-bond acceptors (Lipinski definition) is 6. The van der Waals surface area contributed by atoms with E-state index in [0.29, 0.717) is 29.7 Å². The van der Waals surface area contributed by atoms with Crippen molar-refractivity contribution in [1.29, 1.82) is 0 Å². The highest BCUT2D eigenvalue weighted by atomic mass is 32.2. The lowest BCUT2D eigenvalue weighted by molar-refractivity contribution is -0.122. The van der Waals surface area contributed by atoms with Crippen molar-refractivity contribution in [2.75, 3.05) is 24.6 Å². The Bertz CT molecular complexity index is 1220. The van der Waals surface area contributed by atoms with Crippen LogP contribution in [0.2, 0.25) is 0 Å². The first-order valence-corrected chi connectivity index (χ1v) is 12.8. The van der Waals surface area contributed by atoms with Gasteiger partial charge in [-0.3, -0.25) is 9.59 Å². The fraction of sp³-hybridized carbons (Fsp3) is 0.318. The van der Waals surface area contributed by atoms with Gasteiger partial charge in [-0.1, -0.05) is 24.3 Å². The fourth-order valence-corrected chi connectivity index (χ4v) is 6.12. The quantitative estimate of drug-likeness (QED) is 0.614. The van der Waals surface area contributed by atoms with Gasteiger partial charge < -0.3 is 10.2 Å². The molecule has 1 aliphatic heterocycles. The van der Waals surface area contributed by atoms with E-state index in [1.807, 2.05) is 48.7 Å². The molecule has 1 fully saturated rings. The zero-order valence-corrected chi connectivity index (χ0v) is 18.7. The van der Waals surface area contributed by atoms with E-state index in [-0.39, 0.29) is 29.9 Å². The number of sulfone groups is 1. The SMILES string of the molecule is CCN(CC(=O)N[C@H]1CCS(=O)(=O)C1)C(=O)c1cc(-c2cccs2)nc2ccccc12. The lowest BCUT2D eigenvalue weighted by Gasteiger charge is -2.22.